The van der Waals surface area contributed by atoms with Crippen molar-refractivity contribution < 1.29 is 9.18 Å². The van der Waals surface area contributed by atoms with E-state index in [1.165, 1.54) is 10.7 Å². The molecule has 1 heterocycles. The normalized spacial score (nSPS) is 10.7. The lowest BCUT2D eigenvalue weighted by atomic mass is 10.2. The molecule has 0 saturated carbocycles. The molecule has 0 aliphatic rings. The van der Waals surface area contributed by atoms with Crippen LogP contribution >= 0.6 is 15.9 Å². The predicted octanol–water partition coefficient (Wildman–Crippen LogP) is 3.37. The highest BCUT2D eigenvalue weighted by atomic mass is 79.9. The Morgan fingerprint density at radius 2 is 2.12 bits per heavy atom. The molecule has 2 aromatic carbocycles. The van der Waals surface area contributed by atoms with Gasteiger partial charge in [0.15, 0.2) is 11.5 Å². The van der Waals surface area contributed by atoms with E-state index >= 15 is 0 Å². The van der Waals surface area contributed by atoms with Crippen molar-refractivity contribution in [3.63, 3.8) is 0 Å². The van der Waals surface area contributed by atoms with Gasteiger partial charge >= 0.3 is 0 Å². The Kier molecular flexibility index (Phi) is 4.80. The zero-order valence-corrected chi connectivity index (χ0v) is 14.9. The van der Waals surface area contributed by atoms with Crippen molar-refractivity contribution >= 4 is 33.3 Å². The second-order valence-electron chi connectivity index (χ2n) is 5.53. The van der Waals surface area contributed by atoms with E-state index in [0.29, 0.717) is 17.8 Å². The molecule has 0 unspecified atom stereocenters. The maximum atomic E-state index is 13.6. The molecule has 3 N–H and O–H groups in total. The van der Waals surface area contributed by atoms with Gasteiger partial charge in [-0.1, -0.05) is 39.3 Å². The lowest BCUT2D eigenvalue weighted by Gasteiger charge is -2.06. The third-order valence-corrected chi connectivity index (χ3v) is 4.13. The first-order valence-corrected chi connectivity index (χ1v) is 8.24. The number of aryl methyl sites for hydroxylation is 1. The second-order valence-corrected chi connectivity index (χ2v) is 6.44. The number of hydrogen-bond acceptors (Lipinski definition) is 4. The van der Waals surface area contributed by atoms with E-state index < -0.39 is 11.7 Å². The highest BCUT2D eigenvalue weighted by molar-refractivity contribution is 9.10. The molecule has 0 radical (unpaired) electrons. The summed E-state index contributed by atoms with van der Waals surface area (Å²) in [6, 6.07) is 12.1. The highest BCUT2D eigenvalue weighted by Crippen LogP contribution is 2.18. The van der Waals surface area contributed by atoms with Crippen molar-refractivity contribution in [2.75, 3.05) is 11.1 Å². The van der Waals surface area contributed by atoms with Crippen molar-refractivity contribution in [3.05, 3.63) is 69.6 Å². The van der Waals surface area contributed by atoms with Crippen LogP contribution in [-0.4, -0.2) is 20.9 Å². The molecule has 0 bridgehead atoms. The molecule has 3 rings (SSSR count). The zero-order chi connectivity index (χ0) is 18.0. The largest absolute Gasteiger partial charge is 0.382 e. The minimum absolute atomic E-state index is 0.00372. The number of benzene rings is 2. The van der Waals surface area contributed by atoms with Crippen LogP contribution in [0.3, 0.4) is 0 Å². The summed E-state index contributed by atoms with van der Waals surface area (Å²) in [4.78, 5) is 12.3. The molecule has 128 valence electrons. The fraction of sp³-hybridized carbons (Fsp3) is 0.118. The number of carbonyl (C=O) groups is 1. The number of carbonyl (C=O) groups excluding carboxylic acids is 1. The molecule has 0 saturated heterocycles. The van der Waals surface area contributed by atoms with E-state index in [-0.39, 0.29) is 11.5 Å². The minimum atomic E-state index is -0.541. The van der Waals surface area contributed by atoms with Gasteiger partial charge in [0.1, 0.15) is 5.82 Å². The van der Waals surface area contributed by atoms with E-state index in [0.717, 1.165) is 10.0 Å². The van der Waals surface area contributed by atoms with Gasteiger partial charge < -0.3 is 11.1 Å². The molecule has 25 heavy (non-hydrogen) atoms. The van der Waals surface area contributed by atoms with Crippen LogP contribution < -0.4 is 11.1 Å². The fourth-order valence-corrected chi connectivity index (χ4v) is 2.71. The number of anilines is 2. The van der Waals surface area contributed by atoms with Gasteiger partial charge in [-0.15, -0.1) is 5.10 Å². The third-order valence-electron chi connectivity index (χ3n) is 3.64. The summed E-state index contributed by atoms with van der Waals surface area (Å²) < 4.78 is 15.9. The van der Waals surface area contributed by atoms with Crippen LogP contribution in [0.4, 0.5) is 15.9 Å². The van der Waals surface area contributed by atoms with Crippen molar-refractivity contribution in [1.29, 1.82) is 0 Å². The van der Waals surface area contributed by atoms with Crippen LogP contribution in [0.2, 0.25) is 0 Å². The second kappa shape index (κ2) is 7.02. The van der Waals surface area contributed by atoms with Gasteiger partial charge in [0, 0.05) is 10.2 Å². The molecule has 1 aromatic heterocycles. The Balaban J connectivity index is 1.77. The molecule has 6 nitrogen and oxygen atoms in total. The van der Waals surface area contributed by atoms with E-state index in [9.17, 15) is 9.18 Å². The monoisotopic (exact) mass is 403 g/mol. The van der Waals surface area contributed by atoms with E-state index in [1.807, 2.05) is 24.3 Å². The van der Waals surface area contributed by atoms with Crippen LogP contribution in [0.5, 0.6) is 0 Å². The van der Waals surface area contributed by atoms with Gasteiger partial charge in [-0.3, -0.25) is 4.79 Å². The first-order valence-electron chi connectivity index (χ1n) is 7.45. The van der Waals surface area contributed by atoms with Gasteiger partial charge in [0.25, 0.3) is 5.91 Å². The topological polar surface area (TPSA) is 85.8 Å². The Labute approximate surface area is 152 Å². The summed E-state index contributed by atoms with van der Waals surface area (Å²) in [5, 5.41) is 10.3. The van der Waals surface area contributed by atoms with Crippen LogP contribution in [0.1, 0.15) is 21.6 Å². The Morgan fingerprint density at radius 1 is 1.32 bits per heavy atom. The van der Waals surface area contributed by atoms with E-state index in [1.54, 1.807) is 19.1 Å². The van der Waals surface area contributed by atoms with Gasteiger partial charge in [-0.25, -0.2) is 9.07 Å². The average Bonchev–Trinajstić information content (AvgIpc) is 2.92. The molecular formula is C17H15BrFN5O. The molecule has 0 atom stereocenters. The zero-order valence-electron chi connectivity index (χ0n) is 13.3. The maximum absolute atomic E-state index is 13.6. The summed E-state index contributed by atoms with van der Waals surface area (Å²) in [7, 11) is 0. The molecular weight excluding hydrogens is 389 g/mol. The quantitative estimate of drug-likeness (QED) is 0.698. The minimum Gasteiger partial charge on any atom is -0.382 e. The molecule has 1 amide bonds. The third kappa shape index (κ3) is 3.85. The van der Waals surface area contributed by atoms with Crippen LogP contribution in [-0.2, 0) is 6.54 Å². The number of aromatic nitrogens is 3. The van der Waals surface area contributed by atoms with Gasteiger partial charge in [0.05, 0.1) is 6.54 Å². The smallest absolute Gasteiger partial charge is 0.280 e. The summed E-state index contributed by atoms with van der Waals surface area (Å²) in [5.74, 6) is -0.796. The lowest BCUT2D eigenvalue weighted by molar-refractivity contribution is 0.102. The number of nitrogens with zero attached hydrogens (tertiary/aromatic N) is 3. The summed E-state index contributed by atoms with van der Waals surface area (Å²) in [6.45, 7) is 2.02. The van der Waals surface area contributed by atoms with Crippen LogP contribution in [0.25, 0.3) is 0 Å². The summed E-state index contributed by atoms with van der Waals surface area (Å²) in [6.07, 6.45) is 0. The van der Waals surface area contributed by atoms with Gasteiger partial charge in [-0.05, 0) is 42.3 Å². The molecule has 0 spiro atoms. The summed E-state index contributed by atoms with van der Waals surface area (Å²) in [5.41, 5.74) is 7.77. The molecule has 8 heteroatoms. The van der Waals surface area contributed by atoms with Gasteiger partial charge in [0.2, 0.25) is 0 Å². The SMILES string of the molecule is Cc1ccc(NC(=O)c2nnn(Cc3cccc(Br)c3)c2N)cc1F. The number of nitrogen functional groups attached to an aromatic ring is 1. The first kappa shape index (κ1) is 17.1. The Morgan fingerprint density at radius 3 is 2.84 bits per heavy atom. The lowest BCUT2D eigenvalue weighted by Crippen LogP contribution is -2.15. The molecule has 3 aromatic rings. The molecule has 0 fully saturated rings. The standard InChI is InChI=1S/C17H15BrFN5O/c1-10-5-6-13(8-14(10)19)21-17(25)15-16(20)24(23-22-15)9-11-3-2-4-12(18)7-11/h2-8H,9,20H2,1H3,(H,21,25). The highest BCUT2D eigenvalue weighted by Gasteiger charge is 2.18. The Bertz CT molecular complexity index is 941. The van der Waals surface area contributed by atoms with Gasteiger partial charge in [-0.2, -0.15) is 0 Å². The van der Waals surface area contributed by atoms with E-state index in [2.05, 4.69) is 31.6 Å². The first-order chi connectivity index (χ1) is 11.9. The number of hydrogen-bond donors (Lipinski definition) is 2. The average molecular weight is 404 g/mol. The van der Waals surface area contributed by atoms with Crippen molar-refractivity contribution in [2.24, 2.45) is 0 Å². The maximum Gasteiger partial charge on any atom is 0.280 e. The number of nitrogens with one attached hydrogen (secondary N) is 1. The number of nitrogens with two attached hydrogens (primary N) is 1. The molecule has 0 aliphatic carbocycles. The van der Waals surface area contributed by atoms with Crippen molar-refractivity contribution in [3.8, 4) is 0 Å². The van der Waals surface area contributed by atoms with Crippen LogP contribution in [0.15, 0.2) is 46.9 Å². The van der Waals surface area contributed by atoms with Crippen molar-refractivity contribution in [2.45, 2.75) is 13.5 Å². The van der Waals surface area contributed by atoms with Crippen molar-refractivity contribution in [1.82, 2.24) is 15.0 Å². The number of halogens is 2. The number of rotatable bonds is 4. The summed E-state index contributed by atoms with van der Waals surface area (Å²) >= 11 is 3.40. The predicted molar refractivity (Wildman–Crippen MR) is 96.8 cm³/mol. The fourth-order valence-electron chi connectivity index (χ4n) is 2.27. The van der Waals surface area contributed by atoms with Crippen LogP contribution in [0, 0.1) is 12.7 Å². The molecule has 0 aliphatic heterocycles. The Hall–Kier alpha value is -2.74. The number of amides is 1. The van der Waals surface area contributed by atoms with E-state index in [4.69, 9.17) is 5.73 Å².